The molecule has 4 N–H and O–H groups in total. The molecule has 3 rings (SSSR count). The quantitative estimate of drug-likeness (QED) is 0.769. The van der Waals surface area contributed by atoms with E-state index in [0.717, 1.165) is 24.2 Å². The molecule has 5 heteroatoms. The molecule has 0 spiro atoms. The first kappa shape index (κ1) is 10.1. The molecule has 0 radical (unpaired) electrons. The van der Waals surface area contributed by atoms with Gasteiger partial charge in [-0.25, -0.2) is 0 Å². The highest BCUT2D eigenvalue weighted by Gasteiger charge is 2.43. The zero-order valence-corrected chi connectivity index (χ0v) is 9.60. The van der Waals surface area contributed by atoms with E-state index in [9.17, 15) is 0 Å². The lowest BCUT2D eigenvalue weighted by molar-refractivity contribution is 0.416. The van der Waals surface area contributed by atoms with Gasteiger partial charge in [0.15, 0.2) is 5.82 Å². The molecule has 1 heterocycles. The van der Waals surface area contributed by atoms with Crippen molar-refractivity contribution in [1.82, 2.24) is 10.1 Å². The highest BCUT2D eigenvalue weighted by Crippen LogP contribution is 2.46. The second-order valence-corrected chi connectivity index (χ2v) is 4.87. The summed E-state index contributed by atoms with van der Waals surface area (Å²) in [5.41, 5.74) is 13.5. The third-order valence-corrected chi connectivity index (χ3v) is 3.19. The molecule has 1 fully saturated rings. The third kappa shape index (κ3) is 1.73. The van der Waals surface area contributed by atoms with Gasteiger partial charge >= 0.3 is 0 Å². The standard InChI is InChI=1S/C12H14N4O/c1-12(2-3-12)11-15-10(17-16-11)7-4-8(13)6-9(14)5-7/h4-6H,2-3,13-14H2,1H3. The average molecular weight is 230 g/mol. The van der Waals surface area contributed by atoms with Gasteiger partial charge in [0.25, 0.3) is 5.89 Å². The topological polar surface area (TPSA) is 91.0 Å². The summed E-state index contributed by atoms with van der Waals surface area (Å²) < 4.78 is 5.25. The van der Waals surface area contributed by atoms with E-state index in [1.165, 1.54) is 0 Å². The number of nitrogens with zero attached hydrogens (tertiary/aromatic N) is 2. The minimum atomic E-state index is 0.105. The number of nitrogen functional groups attached to an aromatic ring is 2. The predicted molar refractivity (Wildman–Crippen MR) is 65.1 cm³/mol. The Labute approximate surface area is 98.8 Å². The fraction of sp³-hybridized carbons (Fsp3) is 0.333. The molecule has 0 atom stereocenters. The van der Waals surface area contributed by atoms with Crippen LogP contribution in [0.1, 0.15) is 25.6 Å². The summed E-state index contributed by atoms with van der Waals surface area (Å²) in [5.74, 6) is 1.25. The minimum Gasteiger partial charge on any atom is -0.399 e. The van der Waals surface area contributed by atoms with Crippen molar-refractivity contribution in [3.05, 3.63) is 24.0 Å². The third-order valence-electron chi connectivity index (χ3n) is 3.19. The maximum atomic E-state index is 5.73. The molecule has 1 aliphatic rings. The summed E-state index contributed by atoms with van der Waals surface area (Å²) in [6.45, 7) is 2.13. The van der Waals surface area contributed by atoms with Crippen LogP contribution in [0.15, 0.2) is 22.7 Å². The predicted octanol–water partition coefficient (Wildman–Crippen LogP) is 1.95. The summed E-state index contributed by atoms with van der Waals surface area (Å²) in [5, 5.41) is 4.02. The summed E-state index contributed by atoms with van der Waals surface area (Å²) in [7, 11) is 0. The molecule has 0 unspecified atom stereocenters. The fourth-order valence-electron chi connectivity index (χ4n) is 1.80. The van der Waals surface area contributed by atoms with Crippen LogP contribution in [0.2, 0.25) is 0 Å². The summed E-state index contributed by atoms with van der Waals surface area (Å²) in [6.07, 6.45) is 2.23. The zero-order chi connectivity index (χ0) is 12.0. The van der Waals surface area contributed by atoms with Crippen molar-refractivity contribution in [3.8, 4) is 11.5 Å². The van der Waals surface area contributed by atoms with Gasteiger partial charge in [-0.05, 0) is 31.0 Å². The number of hydrogen-bond donors (Lipinski definition) is 2. The van der Waals surface area contributed by atoms with Crippen molar-refractivity contribution in [2.75, 3.05) is 11.5 Å². The lowest BCUT2D eigenvalue weighted by Crippen LogP contribution is -2.01. The van der Waals surface area contributed by atoms with Crippen LogP contribution in [-0.4, -0.2) is 10.1 Å². The first-order valence-electron chi connectivity index (χ1n) is 5.57. The number of hydrogen-bond acceptors (Lipinski definition) is 5. The van der Waals surface area contributed by atoms with E-state index in [-0.39, 0.29) is 5.41 Å². The number of aromatic nitrogens is 2. The molecular formula is C12H14N4O. The molecule has 1 saturated carbocycles. The monoisotopic (exact) mass is 230 g/mol. The van der Waals surface area contributed by atoms with Gasteiger partial charge < -0.3 is 16.0 Å². The Bertz CT molecular complexity index is 551. The lowest BCUT2D eigenvalue weighted by atomic mass is 10.1. The van der Waals surface area contributed by atoms with Crippen molar-refractivity contribution < 1.29 is 4.52 Å². The van der Waals surface area contributed by atoms with E-state index in [1.807, 2.05) is 0 Å². The van der Waals surface area contributed by atoms with Crippen LogP contribution >= 0.6 is 0 Å². The maximum absolute atomic E-state index is 5.73. The molecule has 2 aromatic rings. The number of benzene rings is 1. The van der Waals surface area contributed by atoms with Gasteiger partial charge in [0.05, 0.1) is 0 Å². The maximum Gasteiger partial charge on any atom is 0.258 e. The molecule has 88 valence electrons. The second-order valence-electron chi connectivity index (χ2n) is 4.87. The Balaban J connectivity index is 2.00. The van der Waals surface area contributed by atoms with Gasteiger partial charge in [0, 0.05) is 22.4 Å². The number of anilines is 2. The van der Waals surface area contributed by atoms with E-state index in [1.54, 1.807) is 18.2 Å². The number of nitrogens with two attached hydrogens (primary N) is 2. The van der Waals surface area contributed by atoms with Crippen molar-refractivity contribution in [3.63, 3.8) is 0 Å². The Morgan fingerprint density at radius 3 is 2.41 bits per heavy atom. The van der Waals surface area contributed by atoms with Crippen LogP contribution in [0.25, 0.3) is 11.5 Å². The molecule has 17 heavy (non-hydrogen) atoms. The van der Waals surface area contributed by atoms with Crippen LogP contribution in [0, 0.1) is 0 Å². The largest absolute Gasteiger partial charge is 0.399 e. The lowest BCUT2D eigenvalue weighted by Gasteiger charge is -2.00. The Morgan fingerprint density at radius 2 is 1.82 bits per heavy atom. The summed E-state index contributed by atoms with van der Waals surface area (Å²) in [6, 6.07) is 5.26. The van der Waals surface area contributed by atoms with Crippen molar-refractivity contribution in [1.29, 1.82) is 0 Å². The number of rotatable bonds is 2. The Kier molecular flexibility index (Phi) is 1.92. The zero-order valence-electron chi connectivity index (χ0n) is 9.60. The summed E-state index contributed by atoms with van der Waals surface area (Å²) in [4.78, 5) is 4.41. The van der Waals surface area contributed by atoms with Gasteiger partial charge in [-0.15, -0.1) is 0 Å². The highest BCUT2D eigenvalue weighted by molar-refractivity contribution is 5.67. The van der Waals surface area contributed by atoms with Gasteiger partial charge in [-0.3, -0.25) is 0 Å². The smallest absolute Gasteiger partial charge is 0.258 e. The molecule has 1 aromatic heterocycles. The first-order valence-corrected chi connectivity index (χ1v) is 5.57. The van der Waals surface area contributed by atoms with E-state index in [4.69, 9.17) is 16.0 Å². The second kappa shape index (κ2) is 3.23. The Hall–Kier alpha value is -2.04. The molecule has 0 amide bonds. The normalized spacial score (nSPS) is 17.0. The molecular weight excluding hydrogens is 216 g/mol. The van der Waals surface area contributed by atoms with Crippen molar-refractivity contribution >= 4 is 11.4 Å². The van der Waals surface area contributed by atoms with Crippen LogP contribution in [0.5, 0.6) is 0 Å². The molecule has 1 aromatic carbocycles. The van der Waals surface area contributed by atoms with E-state index < -0.39 is 0 Å². The van der Waals surface area contributed by atoms with Crippen LogP contribution in [-0.2, 0) is 5.41 Å². The molecule has 0 aliphatic heterocycles. The van der Waals surface area contributed by atoms with Gasteiger partial charge in [0.1, 0.15) is 0 Å². The van der Waals surface area contributed by atoms with Crippen LogP contribution < -0.4 is 11.5 Å². The van der Waals surface area contributed by atoms with E-state index >= 15 is 0 Å². The van der Waals surface area contributed by atoms with Crippen LogP contribution in [0.3, 0.4) is 0 Å². The Morgan fingerprint density at radius 1 is 1.18 bits per heavy atom. The van der Waals surface area contributed by atoms with Crippen LogP contribution in [0.4, 0.5) is 11.4 Å². The summed E-state index contributed by atoms with van der Waals surface area (Å²) >= 11 is 0. The van der Waals surface area contributed by atoms with E-state index in [2.05, 4.69) is 17.1 Å². The molecule has 5 nitrogen and oxygen atoms in total. The van der Waals surface area contributed by atoms with E-state index in [0.29, 0.717) is 17.3 Å². The minimum absolute atomic E-state index is 0.105. The fourth-order valence-corrected chi connectivity index (χ4v) is 1.80. The highest BCUT2D eigenvalue weighted by atomic mass is 16.5. The first-order chi connectivity index (χ1) is 8.07. The van der Waals surface area contributed by atoms with Crippen molar-refractivity contribution in [2.24, 2.45) is 0 Å². The van der Waals surface area contributed by atoms with Gasteiger partial charge in [-0.1, -0.05) is 12.1 Å². The SMILES string of the molecule is CC1(c2noc(-c3cc(N)cc(N)c3)n2)CC1. The molecule has 0 saturated heterocycles. The molecule has 1 aliphatic carbocycles. The van der Waals surface area contributed by atoms with Crippen molar-refractivity contribution in [2.45, 2.75) is 25.2 Å². The van der Waals surface area contributed by atoms with Gasteiger partial charge in [0.2, 0.25) is 0 Å². The average Bonchev–Trinajstić information content (AvgIpc) is 2.82. The van der Waals surface area contributed by atoms with Gasteiger partial charge in [-0.2, -0.15) is 4.98 Å². The molecule has 0 bridgehead atoms.